The lowest BCUT2D eigenvalue weighted by atomic mass is 9.88. The van der Waals surface area contributed by atoms with Crippen LogP contribution in [0.25, 0.3) is 0 Å². The molecule has 6 heteroatoms. The molecule has 114 valence electrons. The molecule has 2 rings (SSSR count). The lowest BCUT2D eigenvalue weighted by molar-refractivity contribution is -0.0203. The zero-order chi connectivity index (χ0) is 14.8. The van der Waals surface area contributed by atoms with E-state index in [0.717, 1.165) is 17.4 Å². The van der Waals surface area contributed by atoms with Crippen LogP contribution in [0.15, 0.2) is 4.52 Å². The molecule has 1 aromatic rings. The predicted molar refractivity (Wildman–Crippen MR) is 81.0 cm³/mol. The Morgan fingerprint density at radius 3 is 2.80 bits per heavy atom. The molecular weight excluding hydrogens is 274 g/mol. The molecule has 1 aliphatic heterocycles. The Kier molecular flexibility index (Phi) is 5.09. The summed E-state index contributed by atoms with van der Waals surface area (Å²) in [7, 11) is 1.99. The van der Waals surface area contributed by atoms with Crippen LogP contribution >= 0.6 is 11.8 Å². The number of thioether (sulfide) groups is 1. The van der Waals surface area contributed by atoms with Gasteiger partial charge in [0.15, 0.2) is 0 Å². The van der Waals surface area contributed by atoms with E-state index in [0.29, 0.717) is 24.4 Å². The topological polar surface area (TPSA) is 60.2 Å². The van der Waals surface area contributed by atoms with Crippen molar-refractivity contribution in [2.45, 2.75) is 45.8 Å². The number of ether oxygens (including phenoxy) is 1. The number of aromatic nitrogens is 2. The van der Waals surface area contributed by atoms with Crippen molar-refractivity contribution < 1.29 is 9.26 Å². The van der Waals surface area contributed by atoms with Crippen LogP contribution in [0, 0.1) is 5.41 Å². The van der Waals surface area contributed by atoms with E-state index in [1.165, 1.54) is 0 Å². The number of hydrogen-bond donors (Lipinski definition) is 1. The van der Waals surface area contributed by atoms with Gasteiger partial charge in [-0.15, -0.1) is 0 Å². The van der Waals surface area contributed by atoms with Gasteiger partial charge in [0, 0.05) is 24.2 Å². The molecule has 0 aliphatic carbocycles. The van der Waals surface area contributed by atoms with Gasteiger partial charge in [-0.2, -0.15) is 16.7 Å². The van der Waals surface area contributed by atoms with E-state index in [4.69, 9.17) is 9.26 Å². The van der Waals surface area contributed by atoms with E-state index in [1.807, 2.05) is 25.7 Å². The van der Waals surface area contributed by atoms with Crippen LogP contribution in [0.1, 0.15) is 51.4 Å². The number of rotatable bonds is 5. The maximum atomic E-state index is 5.82. The van der Waals surface area contributed by atoms with Gasteiger partial charge in [0.2, 0.25) is 11.7 Å². The lowest BCUT2D eigenvalue weighted by Crippen LogP contribution is -2.31. The first kappa shape index (κ1) is 15.8. The van der Waals surface area contributed by atoms with Crippen LogP contribution in [0.5, 0.6) is 0 Å². The maximum absolute atomic E-state index is 5.82. The van der Waals surface area contributed by atoms with Crippen LogP contribution in [-0.4, -0.2) is 41.3 Å². The van der Waals surface area contributed by atoms with E-state index >= 15 is 0 Å². The highest BCUT2D eigenvalue weighted by Crippen LogP contribution is 2.37. The van der Waals surface area contributed by atoms with E-state index < -0.39 is 0 Å². The van der Waals surface area contributed by atoms with E-state index in [1.54, 1.807) is 0 Å². The fraction of sp³-hybridized carbons (Fsp3) is 0.857. The monoisotopic (exact) mass is 299 g/mol. The van der Waals surface area contributed by atoms with Crippen molar-refractivity contribution in [2.75, 3.05) is 25.2 Å². The Balaban J connectivity index is 2.18. The van der Waals surface area contributed by atoms with Crippen LogP contribution in [0.3, 0.4) is 0 Å². The molecule has 5 nitrogen and oxygen atoms in total. The number of hydrogen-bond acceptors (Lipinski definition) is 6. The summed E-state index contributed by atoms with van der Waals surface area (Å²) < 4.78 is 11.3. The molecule has 1 fully saturated rings. The third-order valence-corrected chi connectivity index (χ3v) is 4.77. The second-order valence-electron chi connectivity index (χ2n) is 6.23. The zero-order valence-corrected chi connectivity index (χ0v) is 13.8. The zero-order valence-electron chi connectivity index (χ0n) is 13.0. The summed E-state index contributed by atoms with van der Waals surface area (Å²) >= 11 is 1.92. The second kappa shape index (κ2) is 6.45. The number of likely N-dealkylation sites (N-methyl/N-ethyl adjacent to an activating group) is 1. The summed E-state index contributed by atoms with van der Waals surface area (Å²) in [6.45, 7) is 9.02. The Hall–Kier alpha value is -0.590. The summed E-state index contributed by atoms with van der Waals surface area (Å²) in [6.07, 6.45) is -0.132. The number of nitrogens with zero attached hydrogens (tertiary/aromatic N) is 2. The van der Waals surface area contributed by atoms with E-state index in [-0.39, 0.29) is 11.5 Å². The molecule has 0 spiro atoms. The van der Waals surface area contributed by atoms with Gasteiger partial charge in [-0.1, -0.05) is 25.9 Å². The molecule has 0 saturated carbocycles. The van der Waals surface area contributed by atoms with Crippen molar-refractivity contribution in [3.63, 3.8) is 0 Å². The molecule has 3 atom stereocenters. The summed E-state index contributed by atoms with van der Waals surface area (Å²) in [6, 6.07) is 0.411. The summed E-state index contributed by atoms with van der Waals surface area (Å²) in [4.78, 5) is 4.62. The third-order valence-electron chi connectivity index (χ3n) is 3.58. The summed E-state index contributed by atoms with van der Waals surface area (Å²) in [5, 5.41) is 7.49. The molecule has 1 saturated heterocycles. The Morgan fingerprint density at radius 1 is 1.45 bits per heavy atom. The fourth-order valence-corrected chi connectivity index (χ4v) is 3.88. The van der Waals surface area contributed by atoms with Gasteiger partial charge in [0.25, 0.3) is 0 Å². The van der Waals surface area contributed by atoms with Crippen LogP contribution < -0.4 is 5.32 Å². The highest BCUT2D eigenvalue weighted by molar-refractivity contribution is 7.99. The van der Waals surface area contributed by atoms with E-state index in [9.17, 15) is 0 Å². The maximum Gasteiger partial charge on any atom is 0.232 e. The third kappa shape index (κ3) is 3.35. The standard InChI is InChI=1S/C14H25N3O2S/c1-6-18-11(14(2,3)4)12-16-13(19-17-12)9-7-20-8-10(9)15-5/h9-11,15H,6-8H2,1-5H3. The van der Waals surface area contributed by atoms with Gasteiger partial charge in [0.05, 0.1) is 5.92 Å². The van der Waals surface area contributed by atoms with Gasteiger partial charge >= 0.3 is 0 Å². The molecule has 20 heavy (non-hydrogen) atoms. The largest absolute Gasteiger partial charge is 0.370 e. The van der Waals surface area contributed by atoms with Crippen LogP contribution in [-0.2, 0) is 4.74 Å². The fourth-order valence-electron chi connectivity index (χ4n) is 2.47. The van der Waals surface area contributed by atoms with Crippen LogP contribution in [0.2, 0.25) is 0 Å². The molecule has 3 unspecified atom stereocenters. The van der Waals surface area contributed by atoms with Gasteiger partial charge in [-0.3, -0.25) is 0 Å². The summed E-state index contributed by atoms with van der Waals surface area (Å²) in [5.74, 6) is 3.82. The Labute approximate surface area is 125 Å². The van der Waals surface area contributed by atoms with Gasteiger partial charge in [0.1, 0.15) is 6.10 Å². The second-order valence-corrected chi connectivity index (χ2v) is 7.31. The highest BCUT2D eigenvalue weighted by atomic mass is 32.2. The minimum atomic E-state index is -0.132. The number of nitrogens with one attached hydrogen (secondary N) is 1. The molecule has 1 aliphatic rings. The van der Waals surface area contributed by atoms with Crippen molar-refractivity contribution in [3.05, 3.63) is 11.7 Å². The highest BCUT2D eigenvalue weighted by Gasteiger charge is 2.35. The van der Waals surface area contributed by atoms with Crippen LogP contribution in [0.4, 0.5) is 0 Å². The average Bonchev–Trinajstić information content (AvgIpc) is 3.02. The van der Waals surface area contributed by atoms with Gasteiger partial charge in [-0.25, -0.2) is 0 Å². The summed E-state index contributed by atoms with van der Waals surface area (Å²) in [5.41, 5.74) is -0.0516. The molecule has 2 heterocycles. The molecule has 0 radical (unpaired) electrons. The van der Waals surface area contributed by atoms with Crippen molar-refractivity contribution in [2.24, 2.45) is 5.41 Å². The van der Waals surface area contributed by atoms with Gasteiger partial charge < -0.3 is 14.6 Å². The first-order chi connectivity index (χ1) is 9.47. The molecule has 0 bridgehead atoms. The normalized spacial score (nSPS) is 25.1. The predicted octanol–water partition coefficient (Wildman–Crippen LogP) is 2.61. The van der Waals surface area contributed by atoms with E-state index in [2.05, 4.69) is 36.2 Å². The van der Waals surface area contributed by atoms with Crippen molar-refractivity contribution >= 4 is 11.8 Å². The van der Waals surface area contributed by atoms with Gasteiger partial charge in [-0.05, 0) is 19.4 Å². The molecular formula is C14H25N3O2S. The minimum absolute atomic E-state index is 0.0516. The molecule has 0 amide bonds. The Bertz CT molecular complexity index is 430. The minimum Gasteiger partial charge on any atom is -0.370 e. The van der Waals surface area contributed by atoms with Crippen molar-refractivity contribution in [3.8, 4) is 0 Å². The molecule has 0 aromatic carbocycles. The first-order valence-corrected chi connectivity index (χ1v) is 8.33. The smallest absolute Gasteiger partial charge is 0.232 e. The quantitative estimate of drug-likeness (QED) is 0.902. The Morgan fingerprint density at radius 2 is 2.20 bits per heavy atom. The van der Waals surface area contributed by atoms with Crippen molar-refractivity contribution in [1.82, 2.24) is 15.5 Å². The lowest BCUT2D eigenvalue weighted by Gasteiger charge is -2.27. The molecule has 1 N–H and O–H groups in total. The average molecular weight is 299 g/mol. The first-order valence-electron chi connectivity index (χ1n) is 7.17. The SMILES string of the molecule is CCOC(c1noc(C2CSCC2NC)n1)C(C)(C)C. The van der Waals surface area contributed by atoms with Crippen molar-refractivity contribution in [1.29, 1.82) is 0 Å². The molecule has 1 aromatic heterocycles.